The van der Waals surface area contributed by atoms with E-state index in [0.717, 1.165) is 32.1 Å². The van der Waals surface area contributed by atoms with Crippen LogP contribution in [0.5, 0.6) is 0 Å². The topological polar surface area (TPSA) is 32.8 Å². The fourth-order valence-corrected chi connectivity index (χ4v) is 3.50. The summed E-state index contributed by atoms with van der Waals surface area (Å²) < 4.78 is 4.88. The van der Waals surface area contributed by atoms with Gasteiger partial charge in [-0.3, -0.25) is 0 Å². The van der Waals surface area contributed by atoms with Crippen molar-refractivity contribution in [3.8, 4) is 0 Å². The number of nitrogens with zero attached hydrogens (tertiary/aromatic N) is 2. The number of carbonyl (C=O) groups is 1. The largest absolute Gasteiger partial charge is 0.465 e. The lowest BCUT2D eigenvalue weighted by atomic mass is 9.98. The van der Waals surface area contributed by atoms with Gasteiger partial charge in [0.15, 0.2) is 0 Å². The van der Waals surface area contributed by atoms with Crippen molar-refractivity contribution < 1.29 is 9.53 Å². The first-order valence-electron chi connectivity index (χ1n) is 8.41. The lowest BCUT2D eigenvalue weighted by Crippen LogP contribution is -2.34. The van der Waals surface area contributed by atoms with Crippen molar-refractivity contribution in [1.82, 2.24) is 0 Å². The van der Waals surface area contributed by atoms with Crippen molar-refractivity contribution in [2.75, 3.05) is 43.1 Å². The molecule has 120 valence electrons. The number of hydrogen-bond acceptors (Lipinski definition) is 4. The van der Waals surface area contributed by atoms with Crippen molar-refractivity contribution in [3.63, 3.8) is 0 Å². The third-order valence-corrected chi connectivity index (χ3v) is 4.97. The highest BCUT2D eigenvalue weighted by atomic mass is 16.5. The first-order valence-corrected chi connectivity index (χ1v) is 8.41. The quantitative estimate of drug-likeness (QED) is 0.802. The van der Waals surface area contributed by atoms with Gasteiger partial charge in [-0.2, -0.15) is 0 Å². The van der Waals surface area contributed by atoms with E-state index < -0.39 is 0 Å². The highest BCUT2D eigenvalue weighted by molar-refractivity contribution is 5.92. The smallest absolute Gasteiger partial charge is 0.337 e. The second-order valence-corrected chi connectivity index (χ2v) is 6.56. The molecule has 0 aromatic heterocycles. The maximum absolute atomic E-state index is 11.9. The van der Waals surface area contributed by atoms with Crippen molar-refractivity contribution in [2.45, 2.75) is 32.6 Å². The zero-order valence-electron chi connectivity index (χ0n) is 13.7. The molecule has 0 amide bonds. The van der Waals surface area contributed by atoms with Gasteiger partial charge in [0.1, 0.15) is 0 Å². The Morgan fingerprint density at radius 1 is 1.05 bits per heavy atom. The Morgan fingerprint density at radius 2 is 1.68 bits per heavy atom. The fourth-order valence-electron chi connectivity index (χ4n) is 3.50. The predicted octanol–water partition coefficient (Wildman–Crippen LogP) is 3.31. The van der Waals surface area contributed by atoms with E-state index in [2.05, 4.69) is 22.8 Å². The summed E-state index contributed by atoms with van der Waals surface area (Å²) in [6.07, 6.45) is 4.97. The zero-order valence-corrected chi connectivity index (χ0v) is 13.7. The molecule has 0 saturated carbocycles. The maximum Gasteiger partial charge on any atom is 0.337 e. The molecule has 4 heteroatoms. The molecular weight excluding hydrogens is 276 g/mol. The van der Waals surface area contributed by atoms with Crippen molar-refractivity contribution in [1.29, 1.82) is 0 Å². The second kappa shape index (κ2) is 6.59. The van der Waals surface area contributed by atoms with E-state index in [-0.39, 0.29) is 5.97 Å². The standard InChI is InChI=1S/C18H26N2O2/c1-14-7-11-20(12-8-14)16-6-5-15(18(21)22-2)13-17(16)19-9-3-4-10-19/h5-6,13-14H,3-4,7-12H2,1-2H3. The molecule has 0 bridgehead atoms. The normalized spacial score (nSPS) is 19.5. The minimum Gasteiger partial charge on any atom is -0.465 e. The molecular formula is C18H26N2O2. The molecule has 2 heterocycles. The molecule has 2 aliphatic heterocycles. The maximum atomic E-state index is 11.9. The van der Waals surface area contributed by atoms with E-state index >= 15 is 0 Å². The van der Waals surface area contributed by atoms with E-state index in [1.165, 1.54) is 44.2 Å². The van der Waals surface area contributed by atoms with Gasteiger partial charge in [-0.25, -0.2) is 4.79 Å². The summed E-state index contributed by atoms with van der Waals surface area (Å²) in [6, 6.07) is 6.03. The van der Waals surface area contributed by atoms with Crippen LogP contribution in [0.1, 0.15) is 43.0 Å². The Kier molecular flexibility index (Phi) is 4.55. The predicted molar refractivity (Wildman–Crippen MR) is 89.8 cm³/mol. The van der Waals surface area contributed by atoms with Gasteiger partial charge in [-0.1, -0.05) is 6.92 Å². The Bertz CT molecular complexity index is 530. The minimum absolute atomic E-state index is 0.251. The molecule has 4 nitrogen and oxygen atoms in total. The minimum atomic E-state index is -0.251. The third kappa shape index (κ3) is 3.06. The van der Waals surface area contributed by atoms with Crippen LogP contribution in [0.4, 0.5) is 11.4 Å². The van der Waals surface area contributed by atoms with Crippen LogP contribution in [0, 0.1) is 5.92 Å². The molecule has 2 saturated heterocycles. The first-order chi connectivity index (χ1) is 10.7. The van der Waals surface area contributed by atoms with Crippen LogP contribution in [0.25, 0.3) is 0 Å². The highest BCUT2D eigenvalue weighted by Gasteiger charge is 2.23. The van der Waals surface area contributed by atoms with Gasteiger partial charge in [0, 0.05) is 26.2 Å². The molecule has 1 aromatic carbocycles. The molecule has 0 aliphatic carbocycles. The van der Waals surface area contributed by atoms with Gasteiger partial charge in [0.25, 0.3) is 0 Å². The Labute approximate surface area is 133 Å². The number of anilines is 2. The average molecular weight is 302 g/mol. The number of piperidine rings is 1. The number of rotatable bonds is 3. The van der Waals surface area contributed by atoms with E-state index in [1.807, 2.05) is 12.1 Å². The lowest BCUT2D eigenvalue weighted by molar-refractivity contribution is 0.0601. The van der Waals surface area contributed by atoms with Gasteiger partial charge in [-0.05, 0) is 49.8 Å². The SMILES string of the molecule is COC(=O)c1ccc(N2CCC(C)CC2)c(N2CCCC2)c1. The summed E-state index contributed by atoms with van der Waals surface area (Å²) >= 11 is 0. The van der Waals surface area contributed by atoms with Crippen LogP contribution in [0.3, 0.4) is 0 Å². The lowest BCUT2D eigenvalue weighted by Gasteiger charge is -2.35. The van der Waals surface area contributed by atoms with Crippen LogP contribution < -0.4 is 9.80 Å². The Balaban J connectivity index is 1.92. The summed E-state index contributed by atoms with van der Waals surface area (Å²) in [6.45, 7) is 6.72. The molecule has 0 atom stereocenters. The van der Waals surface area contributed by atoms with Crippen molar-refractivity contribution in [2.24, 2.45) is 5.92 Å². The van der Waals surface area contributed by atoms with E-state index in [9.17, 15) is 4.79 Å². The molecule has 22 heavy (non-hydrogen) atoms. The van der Waals surface area contributed by atoms with Crippen LogP contribution in [-0.4, -0.2) is 39.3 Å². The fraction of sp³-hybridized carbons (Fsp3) is 0.611. The summed E-state index contributed by atoms with van der Waals surface area (Å²) in [7, 11) is 1.44. The number of benzene rings is 1. The molecule has 3 rings (SSSR count). The molecule has 2 aliphatic rings. The molecule has 1 aromatic rings. The van der Waals surface area contributed by atoms with Crippen LogP contribution in [-0.2, 0) is 4.74 Å². The molecule has 2 fully saturated rings. The van der Waals surface area contributed by atoms with Gasteiger partial charge in [-0.15, -0.1) is 0 Å². The molecule has 0 spiro atoms. The average Bonchev–Trinajstić information content (AvgIpc) is 3.09. The van der Waals surface area contributed by atoms with Crippen molar-refractivity contribution >= 4 is 17.3 Å². The van der Waals surface area contributed by atoms with Crippen LogP contribution >= 0.6 is 0 Å². The van der Waals surface area contributed by atoms with E-state index in [1.54, 1.807) is 0 Å². The molecule has 0 unspecified atom stereocenters. The number of ether oxygens (including phenoxy) is 1. The monoisotopic (exact) mass is 302 g/mol. The van der Waals surface area contributed by atoms with Gasteiger partial charge in [0.05, 0.1) is 24.0 Å². The Morgan fingerprint density at radius 3 is 2.32 bits per heavy atom. The van der Waals surface area contributed by atoms with E-state index in [0.29, 0.717) is 5.56 Å². The summed E-state index contributed by atoms with van der Waals surface area (Å²) in [5.74, 6) is 0.570. The third-order valence-electron chi connectivity index (χ3n) is 4.97. The summed E-state index contributed by atoms with van der Waals surface area (Å²) in [5.41, 5.74) is 3.13. The van der Waals surface area contributed by atoms with Crippen LogP contribution in [0.15, 0.2) is 18.2 Å². The number of hydrogen-bond donors (Lipinski definition) is 0. The second-order valence-electron chi connectivity index (χ2n) is 6.56. The number of carbonyl (C=O) groups excluding carboxylic acids is 1. The molecule has 0 radical (unpaired) electrons. The number of esters is 1. The van der Waals surface area contributed by atoms with Gasteiger partial charge >= 0.3 is 5.97 Å². The van der Waals surface area contributed by atoms with Gasteiger partial charge in [0.2, 0.25) is 0 Å². The van der Waals surface area contributed by atoms with E-state index in [4.69, 9.17) is 4.74 Å². The summed E-state index contributed by atoms with van der Waals surface area (Å²) in [5, 5.41) is 0. The highest BCUT2D eigenvalue weighted by Crippen LogP contribution is 2.35. The van der Waals surface area contributed by atoms with Gasteiger partial charge < -0.3 is 14.5 Å². The zero-order chi connectivity index (χ0) is 15.5. The van der Waals surface area contributed by atoms with Crippen molar-refractivity contribution in [3.05, 3.63) is 23.8 Å². The number of methoxy groups -OCH3 is 1. The van der Waals surface area contributed by atoms with Crippen LogP contribution in [0.2, 0.25) is 0 Å². The summed E-state index contributed by atoms with van der Waals surface area (Å²) in [4.78, 5) is 16.8. The first kappa shape index (κ1) is 15.2. The Hall–Kier alpha value is -1.71. The molecule has 0 N–H and O–H groups in total.